The zero-order valence-corrected chi connectivity index (χ0v) is 23.5. The lowest BCUT2D eigenvalue weighted by molar-refractivity contribution is -0.122. The van der Waals surface area contributed by atoms with Crippen LogP contribution in [-0.2, 0) is 19.2 Å². The van der Waals surface area contributed by atoms with Crippen molar-refractivity contribution in [2.45, 2.75) is 12.8 Å². The van der Waals surface area contributed by atoms with Gasteiger partial charge in [0, 0.05) is 23.8 Å². The summed E-state index contributed by atoms with van der Waals surface area (Å²) in [6.07, 6.45) is 1.27. The number of anilines is 2. The second-order valence-corrected chi connectivity index (χ2v) is 10.1. The average Bonchev–Trinajstić information content (AvgIpc) is 3.50. The molecular weight excluding hydrogens is 546 g/mol. The van der Waals surface area contributed by atoms with E-state index < -0.39 is 29.5 Å². The topological polar surface area (TPSA) is 106 Å². The Morgan fingerprint density at radius 1 is 0.721 bits per heavy atom. The first-order valence-electron chi connectivity index (χ1n) is 13.7. The molecule has 9 nitrogen and oxygen atoms in total. The minimum Gasteiger partial charge on any atom is -0.497 e. The third kappa shape index (κ3) is 4.95. The molecule has 1 unspecified atom stereocenters. The number of rotatable bonds is 7. The Labute approximate surface area is 248 Å². The fraction of sp³-hybridized carbons (Fsp3) is 0.147. The van der Waals surface area contributed by atoms with Gasteiger partial charge in [-0.05, 0) is 71.8 Å². The molecule has 214 valence electrons. The van der Waals surface area contributed by atoms with Crippen LogP contribution in [0.1, 0.15) is 18.4 Å². The molecule has 4 aromatic rings. The van der Waals surface area contributed by atoms with Crippen LogP contribution in [0.3, 0.4) is 0 Å². The number of pyridine rings is 1. The molecule has 0 saturated carbocycles. The molecule has 0 aliphatic carbocycles. The molecule has 43 heavy (non-hydrogen) atoms. The predicted molar refractivity (Wildman–Crippen MR) is 160 cm³/mol. The van der Waals surface area contributed by atoms with Crippen LogP contribution in [0.5, 0.6) is 11.5 Å². The van der Waals surface area contributed by atoms with Crippen molar-refractivity contribution >= 4 is 40.6 Å². The average molecular weight is 574 g/mol. The summed E-state index contributed by atoms with van der Waals surface area (Å²) in [5, 5.41) is 0. The molecule has 9 heteroatoms. The van der Waals surface area contributed by atoms with Crippen molar-refractivity contribution < 1.29 is 28.7 Å². The lowest BCUT2D eigenvalue weighted by Gasteiger charge is -2.21. The lowest BCUT2D eigenvalue weighted by atomic mass is 9.83. The Morgan fingerprint density at radius 2 is 1.33 bits per heavy atom. The van der Waals surface area contributed by atoms with E-state index in [1.165, 1.54) is 14.2 Å². The van der Waals surface area contributed by atoms with E-state index in [1.807, 2.05) is 24.3 Å². The van der Waals surface area contributed by atoms with E-state index >= 15 is 0 Å². The highest BCUT2D eigenvalue weighted by Crippen LogP contribution is 2.44. The fourth-order valence-electron chi connectivity index (χ4n) is 5.64. The van der Waals surface area contributed by atoms with Crippen molar-refractivity contribution in [3.05, 3.63) is 108 Å². The Balaban J connectivity index is 1.51. The summed E-state index contributed by atoms with van der Waals surface area (Å²) in [4.78, 5) is 61.7. The second-order valence-electron chi connectivity index (χ2n) is 10.1. The van der Waals surface area contributed by atoms with Crippen LogP contribution in [0.15, 0.2) is 103 Å². The highest BCUT2D eigenvalue weighted by molar-refractivity contribution is 6.32. The number of ether oxygens (including phenoxy) is 2. The van der Waals surface area contributed by atoms with E-state index in [0.717, 1.165) is 9.80 Å². The van der Waals surface area contributed by atoms with E-state index in [2.05, 4.69) is 4.98 Å². The first-order chi connectivity index (χ1) is 20.9. The van der Waals surface area contributed by atoms with Gasteiger partial charge in [-0.1, -0.05) is 30.3 Å². The first kappa shape index (κ1) is 27.6. The van der Waals surface area contributed by atoms with Crippen LogP contribution >= 0.6 is 0 Å². The van der Waals surface area contributed by atoms with E-state index in [0.29, 0.717) is 45.3 Å². The Hall–Kier alpha value is -5.57. The molecule has 0 radical (unpaired) electrons. The molecule has 2 fully saturated rings. The number of aromatic nitrogens is 1. The van der Waals surface area contributed by atoms with Gasteiger partial charge in [0.15, 0.2) is 0 Å². The van der Waals surface area contributed by atoms with Gasteiger partial charge in [0.1, 0.15) is 11.5 Å². The molecule has 0 N–H and O–H groups in total. The second kappa shape index (κ2) is 11.4. The molecule has 6 rings (SSSR count). The molecule has 4 amide bonds. The third-order valence-electron chi connectivity index (χ3n) is 7.68. The summed E-state index contributed by atoms with van der Waals surface area (Å²) in [7, 11) is 3.06. The van der Waals surface area contributed by atoms with Crippen molar-refractivity contribution in [1.29, 1.82) is 0 Å². The van der Waals surface area contributed by atoms with Gasteiger partial charge in [-0.3, -0.25) is 29.1 Å². The van der Waals surface area contributed by atoms with Gasteiger partial charge in [-0.2, -0.15) is 0 Å². The predicted octanol–water partition coefficient (Wildman–Crippen LogP) is 5.06. The van der Waals surface area contributed by atoms with Crippen molar-refractivity contribution in [2.75, 3.05) is 24.0 Å². The normalized spacial score (nSPS) is 18.0. The minimum absolute atomic E-state index is 0.162. The van der Waals surface area contributed by atoms with Crippen molar-refractivity contribution in [3.8, 4) is 22.8 Å². The highest BCUT2D eigenvalue weighted by atomic mass is 16.5. The zero-order valence-electron chi connectivity index (χ0n) is 23.5. The summed E-state index contributed by atoms with van der Waals surface area (Å²) >= 11 is 0. The van der Waals surface area contributed by atoms with Gasteiger partial charge in [0.25, 0.3) is 5.91 Å². The number of carbonyl (C=O) groups is 4. The summed E-state index contributed by atoms with van der Waals surface area (Å²) in [6.45, 7) is 0. The number of imide groups is 2. The molecule has 1 aromatic heterocycles. The van der Waals surface area contributed by atoms with Crippen LogP contribution in [0.2, 0.25) is 0 Å². The van der Waals surface area contributed by atoms with E-state index in [1.54, 1.807) is 72.9 Å². The molecule has 2 aliphatic heterocycles. The summed E-state index contributed by atoms with van der Waals surface area (Å²) in [5.41, 5.74) is 3.18. The summed E-state index contributed by atoms with van der Waals surface area (Å²) < 4.78 is 10.4. The number of carbonyl (C=O) groups excluding carboxylic acids is 4. The quantitative estimate of drug-likeness (QED) is 0.225. The minimum atomic E-state index is -0.998. The van der Waals surface area contributed by atoms with E-state index in [4.69, 9.17) is 9.47 Å². The van der Waals surface area contributed by atoms with E-state index in [-0.39, 0.29) is 18.4 Å². The smallest absolute Gasteiger partial charge is 0.261 e. The lowest BCUT2D eigenvalue weighted by Crippen LogP contribution is -2.31. The molecule has 1 atom stereocenters. The molecule has 0 spiro atoms. The van der Waals surface area contributed by atoms with Gasteiger partial charge >= 0.3 is 0 Å². The Bertz CT molecular complexity index is 1760. The molecule has 3 aromatic carbocycles. The number of benzene rings is 3. The molecule has 2 saturated heterocycles. The Morgan fingerprint density at radius 3 is 1.93 bits per heavy atom. The molecule has 0 bridgehead atoms. The van der Waals surface area contributed by atoms with Crippen LogP contribution in [0, 0.1) is 5.92 Å². The largest absolute Gasteiger partial charge is 0.497 e. The van der Waals surface area contributed by atoms with Crippen molar-refractivity contribution in [1.82, 2.24) is 4.98 Å². The summed E-state index contributed by atoms with van der Waals surface area (Å²) in [5.74, 6) is -1.68. The van der Waals surface area contributed by atoms with Crippen LogP contribution in [0.25, 0.3) is 16.8 Å². The van der Waals surface area contributed by atoms with E-state index in [9.17, 15) is 19.2 Å². The molecular formula is C34H27N3O6. The van der Waals surface area contributed by atoms with Crippen LogP contribution < -0.4 is 19.3 Å². The Kier molecular flexibility index (Phi) is 7.29. The van der Waals surface area contributed by atoms with Gasteiger partial charge in [0.05, 0.1) is 43.6 Å². The highest BCUT2D eigenvalue weighted by Gasteiger charge is 2.46. The zero-order chi connectivity index (χ0) is 30.1. The van der Waals surface area contributed by atoms with Crippen LogP contribution in [-0.4, -0.2) is 42.8 Å². The van der Waals surface area contributed by atoms with Gasteiger partial charge in [0.2, 0.25) is 17.7 Å². The van der Waals surface area contributed by atoms with Gasteiger partial charge < -0.3 is 9.47 Å². The fourth-order valence-corrected chi connectivity index (χ4v) is 5.64. The maximum absolute atomic E-state index is 14.1. The third-order valence-corrected chi connectivity index (χ3v) is 7.68. The number of amides is 4. The standard InChI is InChI=1S/C34H27N3O6/c1-42-23-14-10-21(11-15-23)36-30(38)19-27(33(36)40)32(26-8-4-3-7-25(26)29-9-5-6-18-35-29)28-20-31(39)37(34(28)41)22-12-16-24(43-2)17-13-22/h3-18,27H,19-20H2,1-2H3/b32-28-. The maximum atomic E-state index is 14.1. The monoisotopic (exact) mass is 573 g/mol. The number of hydrogen-bond acceptors (Lipinski definition) is 7. The van der Waals surface area contributed by atoms with Crippen molar-refractivity contribution in [3.63, 3.8) is 0 Å². The van der Waals surface area contributed by atoms with Crippen molar-refractivity contribution in [2.24, 2.45) is 5.92 Å². The SMILES string of the molecule is COc1ccc(N2C(=O)C/C(=C(\c3ccccc3-c3ccccn3)C3CC(=O)N(c4ccc(OC)cc4)C3=O)C2=O)cc1. The number of nitrogens with zero attached hydrogens (tertiary/aromatic N) is 3. The number of hydrogen-bond donors (Lipinski definition) is 0. The van der Waals surface area contributed by atoms with Crippen LogP contribution in [0.4, 0.5) is 11.4 Å². The summed E-state index contributed by atoms with van der Waals surface area (Å²) in [6, 6.07) is 26.0. The number of methoxy groups -OCH3 is 2. The molecule has 3 heterocycles. The first-order valence-corrected chi connectivity index (χ1v) is 13.7. The van der Waals surface area contributed by atoms with Gasteiger partial charge in [-0.15, -0.1) is 0 Å². The van der Waals surface area contributed by atoms with Gasteiger partial charge in [-0.25, -0.2) is 4.90 Å². The maximum Gasteiger partial charge on any atom is 0.261 e. The molecule has 2 aliphatic rings.